The van der Waals surface area contributed by atoms with Gasteiger partial charge in [-0.3, -0.25) is 19.1 Å². The molecule has 3 amide bonds. The maximum atomic E-state index is 14.2. The second kappa shape index (κ2) is 15.3. The molecule has 6 rings (SSSR count). The number of para-hydroxylation sites is 1. The van der Waals surface area contributed by atoms with Crippen LogP contribution in [0.4, 0.5) is 16.0 Å². The maximum Gasteiger partial charge on any atom is 0.245 e. The van der Waals surface area contributed by atoms with Gasteiger partial charge >= 0.3 is 0 Å². The number of fused-ring (bicyclic) bond motifs is 1. The van der Waals surface area contributed by atoms with Crippen molar-refractivity contribution in [3.05, 3.63) is 71.8 Å². The minimum absolute atomic E-state index is 0.00563. The Balaban J connectivity index is 1.03. The third kappa shape index (κ3) is 8.43. The third-order valence-electron chi connectivity index (χ3n) is 10.5. The summed E-state index contributed by atoms with van der Waals surface area (Å²) in [6, 6.07) is 12.1. The Morgan fingerprint density at radius 3 is 2.54 bits per heavy atom. The van der Waals surface area contributed by atoms with Crippen LogP contribution in [0, 0.1) is 17.7 Å². The van der Waals surface area contributed by atoms with E-state index in [1.54, 1.807) is 17.9 Å². The Bertz CT molecular complexity index is 1930. The minimum atomic E-state index is -3.62. The number of hydrogen-bond acceptors (Lipinski definition) is 7. The lowest BCUT2D eigenvalue weighted by atomic mass is 10.0. The van der Waals surface area contributed by atoms with Gasteiger partial charge in [-0.25, -0.2) is 12.8 Å². The zero-order valence-corrected chi connectivity index (χ0v) is 30.8. The number of likely N-dealkylation sites (tertiary alicyclic amines) is 1. The number of imidazole rings is 1. The number of nitrogens with zero attached hydrogens (tertiary/aromatic N) is 4. The number of primary amides is 1. The van der Waals surface area contributed by atoms with E-state index in [0.29, 0.717) is 37.1 Å². The highest BCUT2D eigenvalue weighted by Gasteiger charge is 2.52. The molecule has 2 aliphatic carbocycles. The van der Waals surface area contributed by atoms with E-state index in [9.17, 15) is 27.2 Å². The molecule has 280 valence electrons. The number of nitrogens with two attached hydrogens (primary N) is 1. The molecule has 2 saturated carbocycles. The molecule has 3 aliphatic rings. The monoisotopic (exact) mass is 734 g/mol. The predicted molar refractivity (Wildman–Crippen MR) is 199 cm³/mol. The summed E-state index contributed by atoms with van der Waals surface area (Å²) in [5, 5.41) is 8.25. The fourth-order valence-electron chi connectivity index (χ4n) is 7.00. The lowest BCUT2D eigenvalue weighted by Crippen LogP contribution is -2.49. The standard InChI is InChI=1S/C38H50FN7O5S/c1-24(2)46-32-17-16-26(39)21-31(32)43-37(46)42-28-22-33(34(40)47)45(23-28)36(49)30(41-27-13-9-7-10-14-27)15-11-6-4-5-8-12-25-20-29(25)35(48)44-52(50,51)38(3)18-19-38/h7-10,12-14,16-17,21,24-25,28-30,33,41H,4-6,11,15,18-20,22-23H2,1-3H3,(H4,40,42,43,44,47,48)/p-1/b12-8-/t25-,28?,29+,30+,33+/m1/s1. The molecule has 2 heterocycles. The molecule has 3 fully saturated rings. The molecule has 0 radical (unpaired) electrons. The molecular formula is C38H49FN7O5S-. The number of sulfonamides is 1. The number of halogens is 1. The number of amides is 3. The van der Waals surface area contributed by atoms with Gasteiger partial charge in [-0.05, 0) is 99.7 Å². The van der Waals surface area contributed by atoms with Crippen molar-refractivity contribution in [2.45, 2.75) is 107 Å². The summed E-state index contributed by atoms with van der Waals surface area (Å²) in [6.07, 6.45) is 9.98. The lowest BCUT2D eigenvalue weighted by Gasteiger charge is -2.29. The van der Waals surface area contributed by atoms with Crippen molar-refractivity contribution >= 4 is 50.4 Å². The van der Waals surface area contributed by atoms with Crippen LogP contribution in [0.1, 0.15) is 84.6 Å². The largest absolute Gasteiger partial charge is 0.394 e. The second-order valence-corrected chi connectivity index (χ2v) is 17.2. The Morgan fingerprint density at radius 1 is 1.10 bits per heavy atom. The van der Waals surface area contributed by atoms with Crippen LogP contribution in [-0.2, 0) is 24.4 Å². The molecular weight excluding hydrogens is 686 g/mol. The molecule has 52 heavy (non-hydrogen) atoms. The summed E-state index contributed by atoms with van der Waals surface area (Å²) >= 11 is 0. The van der Waals surface area contributed by atoms with Gasteiger partial charge in [0, 0.05) is 35.7 Å². The Labute approximate surface area is 304 Å². The highest BCUT2D eigenvalue weighted by molar-refractivity contribution is 7.91. The lowest BCUT2D eigenvalue weighted by molar-refractivity contribution is -0.138. The number of anilines is 1. The van der Waals surface area contributed by atoms with E-state index in [-0.39, 0.29) is 42.6 Å². The molecule has 0 bridgehead atoms. The van der Waals surface area contributed by atoms with Gasteiger partial charge < -0.3 is 30.8 Å². The van der Waals surface area contributed by atoms with Gasteiger partial charge in [0.05, 0.1) is 4.75 Å². The molecule has 1 aliphatic heterocycles. The van der Waals surface area contributed by atoms with Gasteiger partial charge in [0.1, 0.15) is 17.9 Å². The first-order valence-electron chi connectivity index (χ1n) is 18.3. The zero-order valence-electron chi connectivity index (χ0n) is 30.0. The number of unbranched alkanes of at least 4 members (excludes halogenated alkanes) is 3. The smallest absolute Gasteiger partial charge is 0.245 e. The van der Waals surface area contributed by atoms with Gasteiger partial charge in [-0.1, -0.05) is 57.0 Å². The van der Waals surface area contributed by atoms with Crippen molar-refractivity contribution in [3.63, 3.8) is 0 Å². The van der Waals surface area contributed by atoms with E-state index in [4.69, 9.17) is 11.1 Å². The average Bonchev–Trinajstić information content (AvgIpc) is 3.97. The van der Waals surface area contributed by atoms with Gasteiger partial charge in [0.2, 0.25) is 27.7 Å². The normalized spacial score (nSPS) is 22.8. The molecule has 2 aromatic carbocycles. The highest BCUT2D eigenvalue weighted by Crippen LogP contribution is 2.44. The zero-order chi connectivity index (χ0) is 37.2. The van der Waals surface area contributed by atoms with Crippen molar-refractivity contribution in [3.8, 4) is 0 Å². The van der Waals surface area contributed by atoms with Crippen molar-refractivity contribution in [1.29, 1.82) is 0 Å². The molecule has 4 N–H and O–H groups in total. The van der Waals surface area contributed by atoms with E-state index in [0.717, 1.165) is 36.9 Å². The van der Waals surface area contributed by atoms with Gasteiger partial charge in [0.25, 0.3) is 0 Å². The molecule has 5 atom stereocenters. The summed E-state index contributed by atoms with van der Waals surface area (Å²) in [5.41, 5.74) is 7.88. The van der Waals surface area contributed by atoms with Crippen LogP contribution in [-0.4, -0.2) is 70.0 Å². The quantitative estimate of drug-likeness (QED) is 0.116. The number of rotatable bonds is 17. The first-order valence-corrected chi connectivity index (χ1v) is 19.8. The van der Waals surface area contributed by atoms with E-state index < -0.39 is 44.7 Å². The van der Waals surface area contributed by atoms with Crippen molar-refractivity contribution in [2.75, 3.05) is 11.9 Å². The van der Waals surface area contributed by atoms with Crippen LogP contribution >= 0.6 is 0 Å². The highest BCUT2D eigenvalue weighted by atomic mass is 32.2. The van der Waals surface area contributed by atoms with Crippen molar-refractivity contribution in [2.24, 2.45) is 17.6 Å². The SMILES string of the molecule is CC(C)n1c([N-]C2C[C@@H](C(N)=O)N(C(=O)[C@H](CCCCC/C=C\[C@@H]3C[C@@H]3C(=O)NS(=O)(=O)C3(C)CC3)Nc3ccccc3)C2)nc2cc(F)ccc21. The van der Waals surface area contributed by atoms with Crippen LogP contribution in [0.25, 0.3) is 16.4 Å². The number of carbonyl (C=O) groups excluding carboxylic acids is 3. The third-order valence-corrected chi connectivity index (χ3v) is 12.7. The summed E-state index contributed by atoms with van der Waals surface area (Å²) in [7, 11) is -3.62. The molecule has 1 unspecified atom stereocenters. The van der Waals surface area contributed by atoms with Crippen molar-refractivity contribution < 1.29 is 27.2 Å². The van der Waals surface area contributed by atoms with Crippen LogP contribution in [0.15, 0.2) is 60.7 Å². The number of allylic oxidation sites excluding steroid dienone is 2. The van der Waals surface area contributed by atoms with E-state index in [2.05, 4.69) is 21.1 Å². The van der Waals surface area contributed by atoms with Crippen molar-refractivity contribution in [1.82, 2.24) is 19.2 Å². The predicted octanol–water partition coefficient (Wildman–Crippen LogP) is 5.84. The number of benzene rings is 2. The maximum absolute atomic E-state index is 14.2. The molecule has 0 spiro atoms. The number of nitrogens with one attached hydrogen (secondary N) is 2. The summed E-state index contributed by atoms with van der Waals surface area (Å²) < 4.78 is 42.1. The van der Waals surface area contributed by atoms with Gasteiger partial charge in [0.15, 0.2) is 0 Å². The number of hydrogen-bond donors (Lipinski definition) is 3. The Hall–Kier alpha value is -4.46. The summed E-state index contributed by atoms with van der Waals surface area (Å²) in [4.78, 5) is 45.4. The van der Waals surface area contributed by atoms with E-state index in [1.807, 2.05) is 54.8 Å². The van der Waals surface area contributed by atoms with Crippen LogP contribution < -0.4 is 15.8 Å². The van der Waals surface area contributed by atoms with Crippen LogP contribution in [0.3, 0.4) is 0 Å². The fourth-order valence-corrected chi connectivity index (χ4v) is 8.30. The van der Waals surface area contributed by atoms with Gasteiger partial charge in [-0.2, -0.15) is 0 Å². The fraction of sp³-hybridized carbons (Fsp3) is 0.526. The first kappa shape index (κ1) is 37.3. The Kier molecular flexibility index (Phi) is 10.9. The van der Waals surface area contributed by atoms with Crippen LogP contribution in [0.5, 0.6) is 0 Å². The molecule has 1 aromatic heterocycles. The molecule has 14 heteroatoms. The van der Waals surface area contributed by atoms with Crippen LogP contribution in [0.2, 0.25) is 0 Å². The molecule has 1 saturated heterocycles. The molecule has 12 nitrogen and oxygen atoms in total. The average molecular weight is 735 g/mol. The number of aromatic nitrogens is 2. The van der Waals surface area contributed by atoms with Gasteiger partial charge in [-0.15, -0.1) is 0 Å². The topological polar surface area (TPSA) is 171 Å². The van der Waals surface area contributed by atoms with E-state index >= 15 is 0 Å². The summed E-state index contributed by atoms with van der Waals surface area (Å²) in [5.74, 6) is -1.44. The minimum Gasteiger partial charge on any atom is -0.394 e. The Morgan fingerprint density at radius 2 is 1.85 bits per heavy atom. The summed E-state index contributed by atoms with van der Waals surface area (Å²) in [6.45, 7) is 5.85. The molecule has 3 aromatic rings. The second-order valence-electron chi connectivity index (χ2n) is 15.0. The first-order chi connectivity index (χ1) is 24.8. The van der Waals surface area contributed by atoms with E-state index in [1.165, 1.54) is 12.1 Å². The number of carbonyl (C=O) groups is 3.